The van der Waals surface area contributed by atoms with Crippen LogP contribution in [0.4, 0.5) is 5.69 Å². The highest BCUT2D eigenvalue weighted by atomic mass is 32.2. The number of hydrogen-bond acceptors (Lipinski definition) is 7. The van der Waals surface area contributed by atoms with Crippen LogP contribution in [0.15, 0.2) is 47.4 Å². The summed E-state index contributed by atoms with van der Waals surface area (Å²) in [6.07, 6.45) is 2.51. The Morgan fingerprint density at radius 3 is 2.64 bits per heavy atom. The number of carbonyl (C=O) groups is 1. The molecule has 9 nitrogen and oxygen atoms in total. The lowest BCUT2D eigenvalue weighted by Crippen LogP contribution is -2.50. The van der Waals surface area contributed by atoms with Gasteiger partial charge < -0.3 is 19.1 Å². The molecule has 0 aromatic heterocycles. The van der Waals surface area contributed by atoms with Crippen molar-refractivity contribution in [2.75, 3.05) is 50.8 Å². The average molecular weight is 474 g/mol. The molecule has 176 valence electrons. The fourth-order valence-electron chi connectivity index (χ4n) is 4.36. The lowest BCUT2D eigenvalue weighted by Gasteiger charge is -2.35. The third kappa shape index (κ3) is 4.92. The topological polar surface area (TPSA) is 97.4 Å². The van der Waals surface area contributed by atoms with Gasteiger partial charge in [-0.1, -0.05) is 6.07 Å². The molecular formula is C23H27N3O6S. The van der Waals surface area contributed by atoms with Crippen LogP contribution in [0.5, 0.6) is 11.5 Å². The molecule has 1 N–H and O–H groups in total. The smallest absolute Gasteiger partial charge is 0.261 e. The summed E-state index contributed by atoms with van der Waals surface area (Å²) in [4.78, 5) is 17.2. The molecule has 1 atom stereocenters. The molecule has 0 saturated carbocycles. The first-order valence-electron chi connectivity index (χ1n) is 11.1. The molecule has 33 heavy (non-hydrogen) atoms. The molecule has 2 aromatic carbocycles. The number of fused-ring (bicyclic) bond motifs is 1. The minimum Gasteiger partial charge on any atom is -0.454 e. The normalized spacial score (nSPS) is 20.7. The molecule has 0 spiro atoms. The summed E-state index contributed by atoms with van der Waals surface area (Å²) in [5.41, 5.74) is 0.717. The van der Waals surface area contributed by atoms with Gasteiger partial charge in [-0.2, -0.15) is 0 Å². The molecular weight excluding hydrogens is 446 g/mol. The molecule has 2 saturated heterocycles. The number of amides is 1. The standard InChI is InChI=1S/C23H27N3O6S/c27-23(26-10-8-25(9-11-26)15-19-4-2-12-30-19)17-3-1-5-20(13-17)33(28,29)24-18-6-7-21-22(14-18)32-16-31-21/h1,3,5-7,13-14,19,24H,2,4,8-12,15-16H2/t19-/m0/s1. The highest BCUT2D eigenvalue weighted by Crippen LogP contribution is 2.34. The molecule has 3 heterocycles. The van der Waals surface area contributed by atoms with Crippen LogP contribution in [0, 0.1) is 0 Å². The number of ether oxygens (including phenoxy) is 3. The number of nitrogens with one attached hydrogen (secondary N) is 1. The second kappa shape index (κ2) is 9.20. The predicted octanol–water partition coefficient (Wildman–Crippen LogP) is 2.15. The van der Waals surface area contributed by atoms with Gasteiger partial charge in [-0.15, -0.1) is 0 Å². The maximum atomic E-state index is 13.1. The van der Waals surface area contributed by atoms with Crippen LogP contribution in [0.3, 0.4) is 0 Å². The van der Waals surface area contributed by atoms with E-state index >= 15 is 0 Å². The average Bonchev–Trinajstić information content (AvgIpc) is 3.51. The maximum absolute atomic E-state index is 13.1. The van der Waals surface area contributed by atoms with Crippen molar-refractivity contribution >= 4 is 21.6 Å². The number of sulfonamides is 1. The van der Waals surface area contributed by atoms with Crippen molar-refractivity contribution in [3.8, 4) is 11.5 Å². The molecule has 1 amide bonds. The Morgan fingerprint density at radius 2 is 1.85 bits per heavy atom. The Kier molecular flexibility index (Phi) is 6.13. The molecule has 0 aliphatic carbocycles. The van der Waals surface area contributed by atoms with Crippen LogP contribution in [-0.2, 0) is 14.8 Å². The second-order valence-electron chi connectivity index (χ2n) is 8.43. The van der Waals surface area contributed by atoms with Crippen molar-refractivity contribution in [2.45, 2.75) is 23.8 Å². The Bertz CT molecular complexity index is 1120. The third-order valence-corrected chi connectivity index (χ3v) is 7.54. The summed E-state index contributed by atoms with van der Waals surface area (Å²) in [5, 5.41) is 0. The van der Waals surface area contributed by atoms with Gasteiger partial charge in [0.25, 0.3) is 15.9 Å². The van der Waals surface area contributed by atoms with E-state index in [1.165, 1.54) is 12.1 Å². The summed E-state index contributed by atoms with van der Waals surface area (Å²) in [7, 11) is -3.88. The van der Waals surface area contributed by atoms with E-state index in [1.54, 1.807) is 35.2 Å². The second-order valence-corrected chi connectivity index (χ2v) is 10.1. The predicted molar refractivity (Wildman–Crippen MR) is 121 cm³/mol. The van der Waals surface area contributed by atoms with Crippen LogP contribution in [0.1, 0.15) is 23.2 Å². The minimum absolute atomic E-state index is 0.0306. The molecule has 10 heteroatoms. The molecule has 0 radical (unpaired) electrons. The number of rotatable bonds is 6. The highest BCUT2D eigenvalue weighted by molar-refractivity contribution is 7.92. The Balaban J connectivity index is 1.23. The van der Waals surface area contributed by atoms with E-state index in [0.717, 1.165) is 39.1 Å². The first kappa shape index (κ1) is 22.0. The van der Waals surface area contributed by atoms with Crippen molar-refractivity contribution in [2.24, 2.45) is 0 Å². The van der Waals surface area contributed by atoms with Crippen molar-refractivity contribution in [1.29, 1.82) is 0 Å². The Hall–Kier alpha value is -2.82. The summed E-state index contributed by atoms with van der Waals surface area (Å²) in [6, 6.07) is 11.0. The van der Waals surface area contributed by atoms with Crippen molar-refractivity contribution in [1.82, 2.24) is 9.80 Å². The molecule has 3 aliphatic heterocycles. The van der Waals surface area contributed by atoms with Crippen LogP contribution < -0.4 is 14.2 Å². The summed E-state index contributed by atoms with van der Waals surface area (Å²) < 4.78 is 44.7. The minimum atomic E-state index is -3.88. The quantitative estimate of drug-likeness (QED) is 0.687. The van der Waals surface area contributed by atoms with Crippen molar-refractivity contribution < 1.29 is 27.4 Å². The molecule has 0 bridgehead atoms. The van der Waals surface area contributed by atoms with E-state index in [-0.39, 0.29) is 17.6 Å². The first-order chi connectivity index (χ1) is 16.0. The number of hydrogen-bond donors (Lipinski definition) is 1. The van der Waals surface area contributed by atoms with Gasteiger partial charge in [0.05, 0.1) is 16.7 Å². The van der Waals surface area contributed by atoms with Gasteiger partial charge in [-0.25, -0.2) is 8.42 Å². The van der Waals surface area contributed by atoms with Gasteiger partial charge in [-0.3, -0.25) is 14.4 Å². The molecule has 0 unspecified atom stereocenters. The number of benzene rings is 2. The van der Waals surface area contributed by atoms with E-state index in [1.807, 2.05) is 0 Å². The molecule has 2 aromatic rings. The monoisotopic (exact) mass is 473 g/mol. The van der Waals surface area contributed by atoms with Gasteiger partial charge in [0.2, 0.25) is 6.79 Å². The summed E-state index contributed by atoms with van der Waals surface area (Å²) in [5.74, 6) is 0.895. The lowest BCUT2D eigenvalue weighted by atomic mass is 10.1. The first-order valence-corrected chi connectivity index (χ1v) is 12.6. The zero-order valence-corrected chi connectivity index (χ0v) is 19.1. The molecule has 3 aliphatic rings. The molecule has 5 rings (SSSR count). The molecule has 2 fully saturated rings. The number of anilines is 1. The van der Waals surface area contributed by atoms with Crippen LogP contribution in [-0.4, -0.2) is 76.4 Å². The number of carbonyl (C=O) groups excluding carboxylic acids is 1. The van der Waals surface area contributed by atoms with E-state index in [4.69, 9.17) is 14.2 Å². The number of piperazine rings is 1. The highest BCUT2D eigenvalue weighted by Gasteiger charge is 2.26. The van der Waals surface area contributed by atoms with Crippen LogP contribution in [0.25, 0.3) is 0 Å². The van der Waals surface area contributed by atoms with E-state index < -0.39 is 10.0 Å². The largest absolute Gasteiger partial charge is 0.454 e. The van der Waals surface area contributed by atoms with Crippen molar-refractivity contribution in [3.05, 3.63) is 48.0 Å². The van der Waals surface area contributed by atoms with E-state index in [9.17, 15) is 13.2 Å². The van der Waals surface area contributed by atoms with Gasteiger partial charge in [-0.05, 0) is 43.2 Å². The fourth-order valence-corrected chi connectivity index (χ4v) is 5.46. The van der Waals surface area contributed by atoms with Gasteiger partial charge in [0.1, 0.15) is 0 Å². The zero-order chi connectivity index (χ0) is 22.8. The summed E-state index contributed by atoms with van der Waals surface area (Å²) in [6.45, 7) is 4.64. The van der Waals surface area contributed by atoms with Crippen LogP contribution in [0.2, 0.25) is 0 Å². The zero-order valence-electron chi connectivity index (χ0n) is 18.2. The number of nitrogens with zero attached hydrogens (tertiary/aromatic N) is 2. The third-order valence-electron chi connectivity index (χ3n) is 6.16. The van der Waals surface area contributed by atoms with Crippen LogP contribution >= 0.6 is 0 Å². The van der Waals surface area contributed by atoms with E-state index in [0.29, 0.717) is 41.9 Å². The summed E-state index contributed by atoms with van der Waals surface area (Å²) >= 11 is 0. The van der Waals surface area contributed by atoms with Crippen molar-refractivity contribution in [3.63, 3.8) is 0 Å². The van der Waals surface area contributed by atoms with Gasteiger partial charge >= 0.3 is 0 Å². The van der Waals surface area contributed by atoms with Gasteiger partial charge in [0, 0.05) is 51.0 Å². The maximum Gasteiger partial charge on any atom is 0.261 e. The fraction of sp³-hybridized carbons (Fsp3) is 0.435. The lowest BCUT2D eigenvalue weighted by molar-refractivity contribution is 0.0432. The Labute approximate surface area is 193 Å². The SMILES string of the molecule is O=C(c1cccc(S(=O)(=O)Nc2ccc3c(c2)OCO3)c1)N1CCN(C[C@@H]2CCCO2)CC1. The Morgan fingerprint density at radius 1 is 1.03 bits per heavy atom. The van der Waals surface area contributed by atoms with E-state index in [2.05, 4.69) is 9.62 Å². The van der Waals surface area contributed by atoms with Gasteiger partial charge in [0.15, 0.2) is 11.5 Å².